The van der Waals surface area contributed by atoms with Gasteiger partial charge in [0.1, 0.15) is 0 Å². The Bertz CT molecular complexity index is 657. The van der Waals surface area contributed by atoms with Crippen LogP contribution in [0.25, 0.3) is 10.9 Å². The Kier molecular flexibility index (Phi) is 3.50. The number of rotatable bonds is 2. The summed E-state index contributed by atoms with van der Waals surface area (Å²) in [5.74, 6) is 0.933. The first kappa shape index (κ1) is 14.3. The highest BCUT2D eigenvalue weighted by Gasteiger charge is 2.40. The van der Waals surface area contributed by atoms with Crippen molar-refractivity contribution in [2.24, 2.45) is 0 Å². The van der Waals surface area contributed by atoms with Crippen molar-refractivity contribution in [1.29, 1.82) is 0 Å². The van der Waals surface area contributed by atoms with Gasteiger partial charge in [-0.05, 0) is 47.9 Å². The van der Waals surface area contributed by atoms with E-state index in [1.165, 1.54) is 22.0 Å². The summed E-state index contributed by atoms with van der Waals surface area (Å²) in [6.07, 6.45) is 6.56. The molecule has 1 saturated carbocycles. The summed E-state index contributed by atoms with van der Waals surface area (Å²) < 4.78 is 11.7. The number of H-pyrrole nitrogens is 1. The van der Waals surface area contributed by atoms with Crippen LogP contribution < -0.4 is 0 Å². The van der Waals surface area contributed by atoms with E-state index in [9.17, 15) is 0 Å². The van der Waals surface area contributed by atoms with Gasteiger partial charge >= 0.3 is 0 Å². The van der Waals surface area contributed by atoms with Crippen molar-refractivity contribution in [3.8, 4) is 0 Å². The second-order valence-corrected chi connectivity index (χ2v) is 7.09. The quantitative estimate of drug-likeness (QED) is 0.872. The molecule has 1 aromatic carbocycles. The average Bonchev–Trinajstić information content (AvgIpc) is 3.15. The van der Waals surface area contributed by atoms with E-state index in [1.807, 2.05) is 0 Å². The van der Waals surface area contributed by atoms with Gasteiger partial charge in [0.15, 0.2) is 5.79 Å². The molecular formula is C19H25NO2. The van der Waals surface area contributed by atoms with Crippen LogP contribution in [0, 0.1) is 0 Å². The second kappa shape index (κ2) is 5.39. The van der Waals surface area contributed by atoms with E-state index in [0.29, 0.717) is 11.8 Å². The third kappa shape index (κ3) is 2.37. The van der Waals surface area contributed by atoms with E-state index < -0.39 is 0 Å². The fraction of sp³-hybridized carbons (Fsp3) is 0.579. The first-order valence-electron chi connectivity index (χ1n) is 8.56. The van der Waals surface area contributed by atoms with Crippen molar-refractivity contribution < 1.29 is 9.47 Å². The number of fused-ring (bicyclic) bond motifs is 1. The fourth-order valence-corrected chi connectivity index (χ4v) is 4.01. The lowest BCUT2D eigenvalue weighted by atomic mass is 9.80. The molecule has 0 atom stereocenters. The summed E-state index contributed by atoms with van der Waals surface area (Å²) in [6, 6.07) is 6.84. The zero-order valence-corrected chi connectivity index (χ0v) is 13.5. The number of hydrogen-bond acceptors (Lipinski definition) is 2. The molecule has 0 amide bonds. The topological polar surface area (TPSA) is 34.2 Å². The molecule has 2 heterocycles. The van der Waals surface area contributed by atoms with E-state index in [0.717, 1.165) is 38.9 Å². The summed E-state index contributed by atoms with van der Waals surface area (Å²) in [5.41, 5.74) is 4.15. The molecule has 1 N–H and O–H groups in total. The van der Waals surface area contributed by atoms with Crippen LogP contribution in [0.4, 0.5) is 0 Å². The summed E-state index contributed by atoms with van der Waals surface area (Å²) in [4.78, 5) is 3.45. The van der Waals surface area contributed by atoms with E-state index >= 15 is 0 Å². The molecule has 1 saturated heterocycles. The van der Waals surface area contributed by atoms with Gasteiger partial charge in [-0.2, -0.15) is 0 Å². The van der Waals surface area contributed by atoms with Crippen LogP contribution in [0.1, 0.15) is 62.5 Å². The molecule has 1 spiro atoms. The maximum absolute atomic E-state index is 5.86. The van der Waals surface area contributed by atoms with Gasteiger partial charge in [0.05, 0.1) is 13.2 Å². The molecule has 1 aromatic heterocycles. The molecule has 1 aliphatic heterocycles. The molecule has 2 aliphatic rings. The molecule has 2 aromatic rings. The number of aromatic amines is 1. The number of ether oxygens (including phenoxy) is 2. The number of nitrogens with one attached hydrogen (secondary N) is 1. The number of aromatic nitrogens is 1. The van der Waals surface area contributed by atoms with Gasteiger partial charge in [0.25, 0.3) is 0 Å². The summed E-state index contributed by atoms with van der Waals surface area (Å²) >= 11 is 0. The summed E-state index contributed by atoms with van der Waals surface area (Å²) in [7, 11) is 0. The van der Waals surface area contributed by atoms with Gasteiger partial charge in [0.2, 0.25) is 0 Å². The first-order valence-corrected chi connectivity index (χ1v) is 8.56. The molecule has 3 heteroatoms. The summed E-state index contributed by atoms with van der Waals surface area (Å²) in [5, 5.41) is 1.40. The zero-order chi connectivity index (χ0) is 15.2. The highest BCUT2D eigenvalue weighted by molar-refractivity contribution is 5.84. The van der Waals surface area contributed by atoms with Crippen LogP contribution in [0.5, 0.6) is 0 Å². The summed E-state index contributed by atoms with van der Waals surface area (Å²) in [6.45, 7) is 6.03. The van der Waals surface area contributed by atoms with Gasteiger partial charge in [-0.1, -0.05) is 19.9 Å². The van der Waals surface area contributed by atoms with E-state index in [4.69, 9.17) is 9.47 Å². The van der Waals surface area contributed by atoms with Crippen molar-refractivity contribution in [2.75, 3.05) is 13.2 Å². The smallest absolute Gasteiger partial charge is 0.168 e. The first-order chi connectivity index (χ1) is 10.7. The molecule has 22 heavy (non-hydrogen) atoms. The molecule has 2 fully saturated rings. The second-order valence-electron chi connectivity index (χ2n) is 7.09. The van der Waals surface area contributed by atoms with Gasteiger partial charge < -0.3 is 14.5 Å². The average molecular weight is 299 g/mol. The largest absolute Gasteiger partial charge is 0.361 e. The Morgan fingerprint density at radius 1 is 1.14 bits per heavy atom. The number of benzene rings is 1. The maximum atomic E-state index is 5.86. The van der Waals surface area contributed by atoms with Crippen LogP contribution in [-0.4, -0.2) is 24.0 Å². The van der Waals surface area contributed by atoms with Gasteiger partial charge in [-0.15, -0.1) is 0 Å². The fourth-order valence-electron chi connectivity index (χ4n) is 4.01. The van der Waals surface area contributed by atoms with Crippen molar-refractivity contribution >= 4 is 10.9 Å². The maximum Gasteiger partial charge on any atom is 0.168 e. The van der Waals surface area contributed by atoms with Crippen LogP contribution in [0.3, 0.4) is 0 Å². The Morgan fingerprint density at radius 2 is 1.86 bits per heavy atom. The Balaban J connectivity index is 1.60. The molecule has 1 aliphatic carbocycles. The molecular weight excluding hydrogens is 274 g/mol. The van der Waals surface area contributed by atoms with Crippen LogP contribution >= 0.6 is 0 Å². The van der Waals surface area contributed by atoms with E-state index in [1.54, 1.807) is 0 Å². The van der Waals surface area contributed by atoms with Crippen LogP contribution in [0.2, 0.25) is 0 Å². The molecule has 0 radical (unpaired) electrons. The van der Waals surface area contributed by atoms with Crippen molar-refractivity contribution in [2.45, 2.75) is 57.2 Å². The molecule has 0 unspecified atom stereocenters. The van der Waals surface area contributed by atoms with Crippen molar-refractivity contribution in [3.63, 3.8) is 0 Å². The Labute approximate surface area is 132 Å². The minimum absolute atomic E-state index is 0.258. The Hall–Kier alpha value is -1.32. The highest BCUT2D eigenvalue weighted by Crippen LogP contribution is 2.44. The molecule has 0 bridgehead atoms. The monoisotopic (exact) mass is 299 g/mol. The van der Waals surface area contributed by atoms with Gasteiger partial charge in [0, 0.05) is 29.9 Å². The SMILES string of the molecule is CC(C)c1ccc2[nH]cc(C3CCC4(CC3)OCCO4)c2c1. The number of hydrogen-bond donors (Lipinski definition) is 1. The minimum Gasteiger partial charge on any atom is -0.361 e. The third-order valence-electron chi connectivity index (χ3n) is 5.41. The lowest BCUT2D eigenvalue weighted by molar-refractivity contribution is -0.178. The Morgan fingerprint density at radius 3 is 2.55 bits per heavy atom. The zero-order valence-electron chi connectivity index (χ0n) is 13.5. The normalized spacial score (nSPS) is 22.1. The minimum atomic E-state index is -0.258. The van der Waals surface area contributed by atoms with Crippen molar-refractivity contribution in [3.05, 3.63) is 35.5 Å². The van der Waals surface area contributed by atoms with E-state index in [2.05, 4.69) is 43.2 Å². The van der Waals surface area contributed by atoms with Gasteiger partial charge in [-0.25, -0.2) is 0 Å². The van der Waals surface area contributed by atoms with Crippen LogP contribution in [0.15, 0.2) is 24.4 Å². The third-order valence-corrected chi connectivity index (χ3v) is 5.41. The lowest BCUT2D eigenvalue weighted by Gasteiger charge is -2.35. The lowest BCUT2D eigenvalue weighted by Crippen LogP contribution is -2.34. The molecule has 118 valence electrons. The standard InChI is InChI=1S/C19H25NO2/c1-13(2)15-3-4-18-16(11-15)17(12-20-18)14-5-7-19(8-6-14)21-9-10-22-19/h3-4,11-14,20H,5-10H2,1-2H3. The van der Waals surface area contributed by atoms with E-state index in [-0.39, 0.29) is 5.79 Å². The predicted octanol–water partition coefficient (Wildman–Crippen LogP) is 4.69. The molecule has 3 nitrogen and oxygen atoms in total. The van der Waals surface area contributed by atoms with Crippen LogP contribution in [-0.2, 0) is 9.47 Å². The van der Waals surface area contributed by atoms with Gasteiger partial charge in [-0.3, -0.25) is 0 Å². The predicted molar refractivity (Wildman–Crippen MR) is 88.2 cm³/mol. The highest BCUT2D eigenvalue weighted by atomic mass is 16.7. The molecule has 4 rings (SSSR count). The van der Waals surface area contributed by atoms with Crippen molar-refractivity contribution in [1.82, 2.24) is 4.98 Å².